The van der Waals surface area contributed by atoms with Crippen LogP contribution >= 0.6 is 15.9 Å². The van der Waals surface area contributed by atoms with Gasteiger partial charge in [-0.05, 0) is 15.9 Å². The highest BCUT2D eigenvalue weighted by atomic mass is 79.9. The number of aliphatic carboxylic acids is 1. The summed E-state index contributed by atoms with van der Waals surface area (Å²) < 4.78 is 0.529. The molecule has 1 N–H and O–H groups in total. The topological polar surface area (TPSA) is 77.4 Å². The van der Waals surface area contributed by atoms with Crippen LogP contribution in [0.3, 0.4) is 0 Å². The third-order valence-corrected chi connectivity index (χ3v) is 1.16. The molecule has 6 heteroatoms. The van der Waals surface area contributed by atoms with Crippen molar-refractivity contribution in [3.63, 3.8) is 0 Å². The molecule has 0 aromatic rings. The van der Waals surface area contributed by atoms with Gasteiger partial charge in [0.2, 0.25) is 0 Å². The van der Waals surface area contributed by atoms with Gasteiger partial charge in [-0.1, -0.05) is 0 Å². The molecule has 0 aliphatic carbocycles. The molecule has 0 aliphatic heterocycles. The summed E-state index contributed by atoms with van der Waals surface area (Å²) in [6.07, 6.45) is -1.09. The summed E-state index contributed by atoms with van der Waals surface area (Å²) in [5.74, 6) is -1.20. The Kier molecular flexibility index (Phi) is 8.80. The number of carbonyl (C=O) groups excluding carboxylic acids is 2. The summed E-state index contributed by atoms with van der Waals surface area (Å²) in [6.45, 7) is 1.87. The quantitative estimate of drug-likeness (QED) is 0.537. The molecule has 0 saturated heterocycles. The zero-order valence-corrected chi connectivity index (χ0v) is 11.1. The molecule has 0 saturated carbocycles. The Bertz CT molecular complexity index is 209. The highest BCUT2D eigenvalue weighted by Crippen LogP contribution is 1.97. The van der Waals surface area contributed by atoms with E-state index in [1.165, 1.54) is 6.92 Å². The van der Waals surface area contributed by atoms with Crippen molar-refractivity contribution in [1.82, 2.24) is 0 Å². The Morgan fingerprint density at radius 2 is 1.73 bits per heavy atom. The number of carboxylic acids is 1. The van der Waals surface area contributed by atoms with Crippen LogP contribution in [0.25, 0.3) is 0 Å². The number of likely N-dealkylation sites (N-methyl/N-ethyl adjacent to an activating group) is 1. The summed E-state index contributed by atoms with van der Waals surface area (Å²) in [5, 5.41) is 19.1. The fourth-order valence-electron chi connectivity index (χ4n) is 0.889. The van der Waals surface area contributed by atoms with E-state index in [2.05, 4.69) is 15.9 Å². The van der Waals surface area contributed by atoms with E-state index in [0.29, 0.717) is 11.0 Å². The lowest BCUT2D eigenvalue weighted by molar-refractivity contribution is -0.873. The monoisotopic (exact) mass is 283 g/mol. The van der Waals surface area contributed by atoms with Gasteiger partial charge in [0.1, 0.15) is 12.6 Å². The molecule has 15 heavy (non-hydrogen) atoms. The maximum atomic E-state index is 10.0. The van der Waals surface area contributed by atoms with Crippen molar-refractivity contribution in [3.05, 3.63) is 0 Å². The van der Waals surface area contributed by atoms with Gasteiger partial charge < -0.3 is 19.5 Å². The van der Waals surface area contributed by atoms with E-state index in [4.69, 9.17) is 5.11 Å². The number of halogens is 1. The molecule has 0 aliphatic rings. The van der Waals surface area contributed by atoms with Gasteiger partial charge in [-0.15, -0.1) is 0 Å². The summed E-state index contributed by atoms with van der Waals surface area (Å²) in [7, 11) is 5.66. The number of aliphatic hydroxyl groups excluding tert-OH is 1. The lowest BCUT2D eigenvalue weighted by Crippen LogP contribution is -2.43. The summed E-state index contributed by atoms with van der Waals surface area (Å²) in [4.78, 5) is 19.4. The maximum Gasteiger partial charge on any atom is 0.194 e. The lowest BCUT2D eigenvalue weighted by Gasteiger charge is -2.26. The van der Waals surface area contributed by atoms with E-state index in [1.54, 1.807) is 0 Å². The number of aliphatic hydroxyl groups is 1. The van der Waals surface area contributed by atoms with Crippen molar-refractivity contribution in [3.8, 4) is 0 Å². The number of hydrogen-bond donors (Lipinski definition) is 1. The van der Waals surface area contributed by atoms with E-state index in [1.807, 2.05) is 21.1 Å². The summed E-state index contributed by atoms with van der Waals surface area (Å²) in [5.41, 5.74) is 0. The fraction of sp³-hybridized carbons (Fsp3) is 0.778. The van der Waals surface area contributed by atoms with Gasteiger partial charge in [0.25, 0.3) is 0 Å². The average molecular weight is 284 g/mol. The number of rotatable bonds is 4. The van der Waals surface area contributed by atoms with Crippen molar-refractivity contribution < 1.29 is 24.3 Å². The molecule has 0 aromatic carbocycles. The van der Waals surface area contributed by atoms with Crippen LogP contribution in [0.15, 0.2) is 0 Å². The predicted molar refractivity (Wildman–Crippen MR) is 58.1 cm³/mol. The average Bonchev–Trinajstić information content (AvgIpc) is 1.76. The first kappa shape index (κ1) is 17.0. The van der Waals surface area contributed by atoms with Crippen LogP contribution in [0.2, 0.25) is 0 Å². The molecule has 5 nitrogen and oxygen atoms in total. The van der Waals surface area contributed by atoms with Gasteiger partial charge in [-0.2, -0.15) is 0 Å². The maximum absolute atomic E-state index is 10.0. The zero-order chi connectivity index (χ0) is 12.6. The molecular weight excluding hydrogens is 266 g/mol. The number of carboxylic acid groups (broad SMARTS) is 1. The van der Waals surface area contributed by atoms with Gasteiger partial charge in [-0.25, -0.2) is 0 Å². The second-order valence-corrected chi connectivity index (χ2v) is 5.29. The number of carbonyl (C=O) groups is 2. The van der Waals surface area contributed by atoms with E-state index in [0.717, 1.165) is 0 Å². The van der Waals surface area contributed by atoms with Gasteiger partial charge >= 0.3 is 0 Å². The van der Waals surface area contributed by atoms with Gasteiger partial charge in [0.15, 0.2) is 4.69 Å². The van der Waals surface area contributed by atoms with Crippen LogP contribution in [0, 0.1) is 0 Å². The molecule has 0 fully saturated rings. The highest BCUT2D eigenvalue weighted by Gasteiger charge is 2.14. The molecule has 0 radical (unpaired) electrons. The van der Waals surface area contributed by atoms with Gasteiger partial charge in [0.05, 0.1) is 21.1 Å². The van der Waals surface area contributed by atoms with Gasteiger partial charge in [-0.3, -0.25) is 4.79 Å². The Balaban J connectivity index is 0. The Morgan fingerprint density at radius 3 is 1.93 bits per heavy atom. The molecule has 1 atom stereocenters. The summed E-state index contributed by atoms with van der Waals surface area (Å²) >= 11 is 2.63. The third-order valence-electron chi connectivity index (χ3n) is 1.16. The minimum Gasteiger partial charge on any atom is -0.550 e. The second-order valence-electron chi connectivity index (χ2n) is 4.17. The first-order chi connectivity index (χ1) is 6.54. The number of hydrogen-bond acceptors (Lipinski definition) is 4. The third kappa shape index (κ3) is 24.7. The fourth-order valence-corrected chi connectivity index (χ4v) is 0.889. The Morgan fingerprint density at radius 1 is 1.40 bits per heavy atom. The minimum atomic E-state index is -1.20. The molecule has 0 aromatic heterocycles. The standard InChI is InChI=1S/C7H15NO3.C2H3BrO/c1-8(2,3)5-6(9)4-7(10)11;1-2(3)4/h6,9H,4-5H2,1-3H3;1H3/t6-;/m1./s1. The van der Waals surface area contributed by atoms with Crippen LogP contribution in [-0.2, 0) is 9.59 Å². The highest BCUT2D eigenvalue weighted by molar-refractivity contribution is 9.18. The molecule has 0 amide bonds. The first-order valence-electron chi connectivity index (χ1n) is 4.39. The SMILES string of the molecule is CC(=O)Br.C[N+](C)(C)C[C@H](O)CC(=O)[O-]. The molecular formula is C9H18BrNO4. The predicted octanol–water partition coefficient (Wildman–Crippen LogP) is -0.879. The second kappa shape index (κ2) is 7.78. The van der Waals surface area contributed by atoms with Crippen LogP contribution in [0.1, 0.15) is 13.3 Å². The van der Waals surface area contributed by atoms with Crippen molar-refractivity contribution in [2.24, 2.45) is 0 Å². The number of quaternary nitrogens is 1. The Labute approximate surface area is 98.4 Å². The molecule has 0 bridgehead atoms. The van der Waals surface area contributed by atoms with Gasteiger partial charge in [0, 0.05) is 19.3 Å². The molecule has 90 valence electrons. The minimum absolute atomic E-state index is 0.0208. The largest absolute Gasteiger partial charge is 0.550 e. The van der Waals surface area contributed by atoms with Crippen LogP contribution < -0.4 is 5.11 Å². The lowest BCUT2D eigenvalue weighted by atomic mass is 10.2. The Hall–Kier alpha value is -0.460. The molecule has 0 rings (SSSR count). The smallest absolute Gasteiger partial charge is 0.194 e. The number of nitrogens with zero attached hydrogens (tertiary/aromatic N) is 1. The van der Waals surface area contributed by atoms with Crippen molar-refractivity contribution in [2.45, 2.75) is 19.4 Å². The van der Waals surface area contributed by atoms with E-state index < -0.39 is 12.1 Å². The normalized spacial score (nSPS) is 12.4. The van der Waals surface area contributed by atoms with Crippen LogP contribution in [0.4, 0.5) is 0 Å². The van der Waals surface area contributed by atoms with Crippen molar-refractivity contribution in [2.75, 3.05) is 27.7 Å². The summed E-state index contributed by atoms with van der Waals surface area (Å²) in [6, 6.07) is 0. The molecule has 0 heterocycles. The van der Waals surface area contributed by atoms with Crippen molar-refractivity contribution in [1.29, 1.82) is 0 Å². The van der Waals surface area contributed by atoms with Crippen LogP contribution in [0.5, 0.6) is 0 Å². The molecule has 0 unspecified atom stereocenters. The van der Waals surface area contributed by atoms with Crippen molar-refractivity contribution >= 4 is 26.6 Å². The zero-order valence-electron chi connectivity index (χ0n) is 9.49. The molecule has 0 spiro atoms. The van der Waals surface area contributed by atoms with Crippen LogP contribution in [-0.4, -0.2) is 54.0 Å². The first-order valence-corrected chi connectivity index (χ1v) is 5.18. The van der Waals surface area contributed by atoms with E-state index in [9.17, 15) is 14.7 Å². The van der Waals surface area contributed by atoms with E-state index >= 15 is 0 Å². The van der Waals surface area contributed by atoms with E-state index in [-0.39, 0.29) is 11.1 Å².